The number of fused-ring (bicyclic) bond motifs is 1. The SMILES string of the molecule is COc1cccc(COc2cc3oc(=O)cc(C)c3cc2CCC(=O)OC(C)C)c1. The summed E-state index contributed by atoms with van der Waals surface area (Å²) in [4.78, 5) is 23.8. The van der Waals surface area contributed by atoms with Crippen molar-refractivity contribution in [1.82, 2.24) is 0 Å². The summed E-state index contributed by atoms with van der Waals surface area (Å²) >= 11 is 0. The summed E-state index contributed by atoms with van der Waals surface area (Å²) in [6, 6.07) is 12.7. The molecule has 0 unspecified atom stereocenters. The Balaban J connectivity index is 1.90. The molecule has 30 heavy (non-hydrogen) atoms. The van der Waals surface area contributed by atoms with Crippen molar-refractivity contribution in [3.8, 4) is 11.5 Å². The minimum atomic E-state index is -0.410. The van der Waals surface area contributed by atoms with Crippen LogP contribution in [0.15, 0.2) is 51.7 Å². The quantitative estimate of drug-likeness (QED) is 0.400. The van der Waals surface area contributed by atoms with Crippen LogP contribution in [0.5, 0.6) is 11.5 Å². The Kier molecular flexibility index (Phi) is 6.77. The van der Waals surface area contributed by atoms with Crippen molar-refractivity contribution < 1.29 is 23.4 Å². The van der Waals surface area contributed by atoms with Gasteiger partial charge in [0.1, 0.15) is 23.7 Å². The fourth-order valence-corrected chi connectivity index (χ4v) is 3.20. The first kappa shape index (κ1) is 21.4. The lowest BCUT2D eigenvalue weighted by atomic mass is 10.0. The third-order valence-corrected chi connectivity index (χ3v) is 4.63. The molecule has 3 aromatic rings. The molecule has 0 bridgehead atoms. The zero-order chi connectivity index (χ0) is 21.7. The number of benzene rings is 2. The summed E-state index contributed by atoms with van der Waals surface area (Å²) in [7, 11) is 1.61. The van der Waals surface area contributed by atoms with Gasteiger partial charge in [0.2, 0.25) is 0 Å². The van der Waals surface area contributed by atoms with E-state index in [0.29, 0.717) is 24.4 Å². The average Bonchev–Trinajstić information content (AvgIpc) is 2.70. The molecule has 1 aromatic heterocycles. The normalized spacial score (nSPS) is 11.0. The first-order valence-electron chi connectivity index (χ1n) is 9.88. The highest BCUT2D eigenvalue weighted by Gasteiger charge is 2.14. The van der Waals surface area contributed by atoms with Crippen LogP contribution in [0.3, 0.4) is 0 Å². The zero-order valence-electron chi connectivity index (χ0n) is 17.7. The summed E-state index contributed by atoms with van der Waals surface area (Å²) < 4.78 is 21.9. The molecule has 0 radical (unpaired) electrons. The first-order chi connectivity index (χ1) is 14.4. The van der Waals surface area contributed by atoms with E-state index < -0.39 is 5.63 Å². The largest absolute Gasteiger partial charge is 0.497 e. The minimum Gasteiger partial charge on any atom is -0.497 e. The summed E-state index contributed by atoms with van der Waals surface area (Å²) in [5, 5.41) is 0.815. The third-order valence-electron chi connectivity index (χ3n) is 4.63. The molecule has 0 saturated heterocycles. The Hall–Kier alpha value is -3.28. The highest BCUT2D eigenvalue weighted by Crippen LogP contribution is 2.29. The average molecular weight is 410 g/mol. The van der Waals surface area contributed by atoms with E-state index in [-0.39, 0.29) is 18.5 Å². The molecule has 0 atom stereocenters. The molecular formula is C24H26O6. The van der Waals surface area contributed by atoms with Crippen LogP contribution in [0.4, 0.5) is 0 Å². The van der Waals surface area contributed by atoms with E-state index in [2.05, 4.69) is 0 Å². The molecule has 158 valence electrons. The summed E-state index contributed by atoms with van der Waals surface area (Å²) in [5.41, 5.74) is 2.64. The van der Waals surface area contributed by atoms with Gasteiger partial charge in [-0.05, 0) is 62.1 Å². The topological polar surface area (TPSA) is 75.0 Å². The van der Waals surface area contributed by atoms with Gasteiger partial charge in [-0.3, -0.25) is 4.79 Å². The van der Waals surface area contributed by atoms with Crippen LogP contribution >= 0.6 is 0 Å². The van der Waals surface area contributed by atoms with E-state index in [9.17, 15) is 9.59 Å². The molecular weight excluding hydrogens is 384 g/mol. The number of rotatable bonds is 8. The molecule has 1 heterocycles. The predicted octanol–water partition coefficient (Wildman–Crippen LogP) is 4.57. The van der Waals surface area contributed by atoms with Crippen LogP contribution in [0.2, 0.25) is 0 Å². The van der Waals surface area contributed by atoms with Crippen LogP contribution < -0.4 is 15.1 Å². The maximum Gasteiger partial charge on any atom is 0.336 e. The molecule has 0 amide bonds. The van der Waals surface area contributed by atoms with E-state index in [1.807, 2.05) is 51.1 Å². The molecule has 3 rings (SSSR count). The smallest absolute Gasteiger partial charge is 0.336 e. The van der Waals surface area contributed by atoms with Gasteiger partial charge in [0, 0.05) is 23.9 Å². The van der Waals surface area contributed by atoms with Gasteiger partial charge in [-0.1, -0.05) is 12.1 Å². The van der Waals surface area contributed by atoms with Gasteiger partial charge < -0.3 is 18.6 Å². The molecule has 2 aromatic carbocycles. The summed E-state index contributed by atoms with van der Waals surface area (Å²) in [6.45, 7) is 5.80. The van der Waals surface area contributed by atoms with Crippen LogP contribution in [0.25, 0.3) is 11.0 Å². The van der Waals surface area contributed by atoms with Crippen LogP contribution in [0.1, 0.15) is 37.0 Å². The predicted molar refractivity (Wildman–Crippen MR) is 114 cm³/mol. The Morgan fingerprint density at radius 3 is 2.67 bits per heavy atom. The molecule has 0 fully saturated rings. The van der Waals surface area contributed by atoms with E-state index in [4.69, 9.17) is 18.6 Å². The molecule has 6 heteroatoms. The standard InChI is InChI=1S/C24H26O6/c1-15(2)29-23(25)9-8-18-12-20-16(3)10-24(26)30-22(20)13-21(18)28-14-17-6-5-7-19(11-17)27-4/h5-7,10-13,15H,8-9,14H2,1-4H3. The number of carbonyl (C=O) groups is 1. The molecule has 0 spiro atoms. The van der Waals surface area contributed by atoms with Crippen molar-refractivity contribution in [3.05, 3.63) is 69.6 Å². The van der Waals surface area contributed by atoms with Gasteiger partial charge >= 0.3 is 11.6 Å². The fourth-order valence-electron chi connectivity index (χ4n) is 3.20. The Morgan fingerprint density at radius 1 is 1.13 bits per heavy atom. The monoisotopic (exact) mass is 410 g/mol. The van der Waals surface area contributed by atoms with Crippen molar-refractivity contribution in [2.75, 3.05) is 7.11 Å². The van der Waals surface area contributed by atoms with Crippen molar-refractivity contribution in [2.24, 2.45) is 0 Å². The van der Waals surface area contributed by atoms with Gasteiger partial charge in [-0.2, -0.15) is 0 Å². The molecule has 0 aliphatic carbocycles. The van der Waals surface area contributed by atoms with Gasteiger partial charge in [-0.15, -0.1) is 0 Å². The van der Waals surface area contributed by atoms with Crippen molar-refractivity contribution in [3.63, 3.8) is 0 Å². The van der Waals surface area contributed by atoms with Crippen LogP contribution in [0, 0.1) is 6.92 Å². The third kappa shape index (κ3) is 5.41. The van der Waals surface area contributed by atoms with E-state index in [1.165, 1.54) is 6.07 Å². The van der Waals surface area contributed by atoms with Gasteiger partial charge in [0.25, 0.3) is 0 Å². The fraction of sp³-hybridized carbons (Fsp3) is 0.333. The highest BCUT2D eigenvalue weighted by atomic mass is 16.5. The number of carbonyl (C=O) groups excluding carboxylic acids is 1. The van der Waals surface area contributed by atoms with Gasteiger partial charge in [0.15, 0.2) is 0 Å². The van der Waals surface area contributed by atoms with Crippen LogP contribution in [-0.2, 0) is 22.6 Å². The molecule has 6 nitrogen and oxygen atoms in total. The Labute approximate surface area is 175 Å². The molecule has 0 saturated carbocycles. The van der Waals surface area contributed by atoms with Crippen molar-refractivity contribution >= 4 is 16.9 Å². The summed E-state index contributed by atoms with van der Waals surface area (Å²) in [5.74, 6) is 1.05. The molecule has 0 aliphatic rings. The van der Waals surface area contributed by atoms with E-state index >= 15 is 0 Å². The summed E-state index contributed by atoms with van der Waals surface area (Å²) in [6.07, 6.45) is 0.525. The number of methoxy groups -OCH3 is 1. The molecule has 0 N–H and O–H groups in total. The van der Waals surface area contributed by atoms with Crippen molar-refractivity contribution in [2.45, 2.75) is 46.3 Å². The maximum absolute atomic E-state index is 12.0. The lowest BCUT2D eigenvalue weighted by Crippen LogP contribution is -2.12. The Bertz CT molecular complexity index is 1100. The van der Waals surface area contributed by atoms with E-state index in [0.717, 1.165) is 27.8 Å². The van der Waals surface area contributed by atoms with Gasteiger partial charge in [-0.25, -0.2) is 4.79 Å². The number of aryl methyl sites for hydroxylation is 2. The second-order valence-electron chi connectivity index (χ2n) is 7.38. The van der Waals surface area contributed by atoms with Crippen LogP contribution in [-0.4, -0.2) is 19.2 Å². The van der Waals surface area contributed by atoms with Crippen molar-refractivity contribution in [1.29, 1.82) is 0 Å². The van der Waals surface area contributed by atoms with E-state index in [1.54, 1.807) is 13.2 Å². The second kappa shape index (κ2) is 9.48. The first-order valence-corrected chi connectivity index (χ1v) is 9.88. The number of esters is 1. The Morgan fingerprint density at radius 2 is 1.93 bits per heavy atom. The number of hydrogen-bond donors (Lipinski definition) is 0. The number of hydrogen-bond acceptors (Lipinski definition) is 6. The number of ether oxygens (including phenoxy) is 3. The molecule has 0 aliphatic heterocycles. The maximum atomic E-state index is 12.0. The lowest BCUT2D eigenvalue weighted by Gasteiger charge is -2.14. The zero-order valence-corrected chi connectivity index (χ0v) is 17.7. The minimum absolute atomic E-state index is 0.158. The highest BCUT2D eigenvalue weighted by molar-refractivity contribution is 5.83. The lowest BCUT2D eigenvalue weighted by molar-refractivity contribution is -0.147. The van der Waals surface area contributed by atoms with Gasteiger partial charge in [0.05, 0.1) is 13.2 Å². The second-order valence-corrected chi connectivity index (χ2v) is 7.38.